The minimum absolute atomic E-state index is 0.228. The van der Waals surface area contributed by atoms with Gasteiger partial charge in [0.05, 0.1) is 38.6 Å². The van der Waals surface area contributed by atoms with Crippen LogP contribution < -0.4 is 0 Å². The molecule has 1 fully saturated rings. The summed E-state index contributed by atoms with van der Waals surface area (Å²) in [7, 11) is 0. The zero-order chi connectivity index (χ0) is 34.1. The Morgan fingerprint density at radius 3 is 1.73 bits per heavy atom. The Morgan fingerprint density at radius 2 is 1.18 bits per heavy atom. The van der Waals surface area contributed by atoms with Gasteiger partial charge in [-0.2, -0.15) is 0 Å². The first-order valence-corrected chi connectivity index (χ1v) is 17.6. The Bertz CT molecular complexity index is 1470. The van der Waals surface area contributed by atoms with Crippen LogP contribution in [-0.2, 0) is 48.2 Å². The lowest BCUT2D eigenvalue weighted by molar-refractivity contribution is -0.319. The maximum absolute atomic E-state index is 13.7. The molecule has 6 atom stereocenters. The minimum Gasteiger partial charge on any atom is -0.450 e. The van der Waals surface area contributed by atoms with Gasteiger partial charge in [-0.15, -0.1) is 0 Å². The van der Waals surface area contributed by atoms with E-state index in [1.807, 2.05) is 109 Å². The molecule has 7 nitrogen and oxygen atoms in total. The number of esters is 1. The molecule has 0 radical (unpaired) electrons. The van der Waals surface area contributed by atoms with Crippen LogP contribution in [0.3, 0.4) is 0 Å². The van der Waals surface area contributed by atoms with Crippen LogP contribution in [-0.4, -0.2) is 49.9 Å². The van der Waals surface area contributed by atoms with Crippen LogP contribution in [0.2, 0.25) is 0 Å². The molecule has 1 saturated heterocycles. The van der Waals surface area contributed by atoms with Gasteiger partial charge in [0.1, 0.15) is 18.3 Å². The Labute approximate surface area is 291 Å². The van der Waals surface area contributed by atoms with Crippen molar-refractivity contribution < 1.29 is 33.2 Å². The van der Waals surface area contributed by atoms with Gasteiger partial charge in [-0.05, 0) is 41.2 Å². The molecule has 4 aromatic carbocycles. The summed E-state index contributed by atoms with van der Waals surface area (Å²) >= 11 is 0. The van der Waals surface area contributed by atoms with E-state index < -0.39 is 36.7 Å². The summed E-state index contributed by atoms with van der Waals surface area (Å²) in [5, 5.41) is 0. The first-order chi connectivity index (χ1) is 24.1. The molecule has 0 amide bonds. The number of carbonyl (C=O) groups excluding carboxylic acids is 1. The van der Waals surface area contributed by atoms with Gasteiger partial charge in [0.25, 0.3) is 0 Å². The average Bonchev–Trinajstić information content (AvgIpc) is 3.16. The van der Waals surface area contributed by atoms with E-state index in [-0.39, 0.29) is 13.2 Å². The predicted molar refractivity (Wildman–Crippen MR) is 190 cm³/mol. The van der Waals surface area contributed by atoms with E-state index in [0.29, 0.717) is 31.3 Å². The SMILES string of the molecule is CCCCC(CC)CO[C@H]1O[C@H](COCc2ccccc2)[C@@H](OCc2ccccc2)[C@H](OCc2ccccc2)[C@@H]1OC(=O)c1ccccc1. The Morgan fingerprint density at radius 1 is 0.653 bits per heavy atom. The first-order valence-electron chi connectivity index (χ1n) is 17.6. The summed E-state index contributed by atoms with van der Waals surface area (Å²) in [6.45, 7) is 6.09. The molecular formula is C42H50O7. The first kappa shape index (κ1) is 36.4. The number of ether oxygens (including phenoxy) is 6. The topological polar surface area (TPSA) is 72.5 Å². The summed E-state index contributed by atoms with van der Waals surface area (Å²) in [6, 6.07) is 38.9. The van der Waals surface area contributed by atoms with Gasteiger partial charge in [0.15, 0.2) is 12.4 Å². The van der Waals surface area contributed by atoms with Crippen LogP contribution in [0.25, 0.3) is 0 Å². The largest absolute Gasteiger partial charge is 0.450 e. The van der Waals surface area contributed by atoms with E-state index in [9.17, 15) is 4.79 Å². The van der Waals surface area contributed by atoms with Gasteiger partial charge in [-0.1, -0.05) is 142 Å². The van der Waals surface area contributed by atoms with Crippen molar-refractivity contribution in [3.63, 3.8) is 0 Å². The van der Waals surface area contributed by atoms with Gasteiger partial charge in [-0.3, -0.25) is 0 Å². The molecule has 5 rings (SSSR count). The Balaban J connectivity index is 1.46. The molecule has 0 spiro atoms. The van der Waals surface area contributed by atoms with Gasteiger partial charge in [-0.25, -0.2) is 4.79 Å². The molecule has 7 heteroatoms. The van der Waals surface area contributed by atoms with E-state index >= 15 is 0 Å². The van der Waals surface area contributed by atoms with Crippen LogP contribution in [0.1, 0.15) is 66.6 Å². The van der Waals surface area contributed by atoms with Crippen molar-refractivity contribution in [3.8, 4) is 0 Å². The lowest BCUT2D eigenvalue weighted by atomic mass is 9.97. The van der Waals surface area contributed by atoms with Crippen LogP contribution in [0.15, 0.2) is 121 Å². The fourth-order valence-electron chi connectivity index (χ4n) is 5.96. The molecule has 0 aromatic heterocycles. The zero-order valence-electron chi connectivity index (χ0n) is 28.7. The number of rotatable bonds is 19. The van der Waals surface area contributed by atoms with Crippen LogP contribution >= 0.6 is 0 Å². The highest BCUT2D eigenvalue weighted by Crippen LogP contribution is 2.32. The maximum Gasteiger partial charge on any atom is 0.338 e. The number of benzene rings is 4. The highest BCUT2D eigenvalue weighted by Gasteiger charge is 2.50. The summed E-state index contributed by atoms with van der Waals surface area (Å²) in [5.74, 6) is -0.132. The molecule has 1 unspecified atom stereocenters. The molecule has 0 aliphatic carbocycles. The molecule has 0 bridgehead atoms. The van der Waals surface area contributed by atoms with Crippen molar-refractivity contribution >= 4 is 5.97 Å². The Kier molecular flexibility index (Phi) is 14.9. The van der Waals surface area contributed by atoms with E-state index in [2.05, 4.69) is 13.8 Å². The molecule has 260 valence electrons. The summed E-state index contributed by atoms with van der Waals surface area (Å²) in [4.78, 5) is 13.7. The van der Waals surface area contributed by atoms with Crippen molar-refractivity contribution in [1.82, 2.24) is 0 Å². The zero-order valence-corrected chi connectivity index (χ0v) is 28.7. The quantitative estimate of drug-likeness (QED) is 0.0929. The molecule has 0 N–H and O–H groups in total. The lowest BCUT2D eigenvalue weighted by Crippen LogP contribution is -2.62. The van der Waals surface area contributed by atoms with Gasteiger partial charge >= 0.3 is 5.97 Å². The van der Waals surface area contributed by atoms with Crippen molar-refractivity contribution in [3.05, 3.63) is 144 Å². The molecule has 0 saturated carbocycles. The number of unbranched alkanes of at least 4 members (excludes halogenated alkanes) is 1. The minimum atomic E-state index is -0.911. The van der Waals surface area contributed by atoms with Crippen molar-refractivity contribution in [2.24, 2.45) is 5.92 Å². The summed E-state index contributed by atoms with van der Waals surface area (Å²) in [6.07, 6.45) is 0.512. The third kappa shape index (κ3) is 11.3. The standard InChI is InChI=1S/C42H50O7/c1-3-5-18-32(4-2)28-47-42-40(49-41(43)36-25-16-9-17-26-36)39(46-30-35-23-14-8-15-24-35)38(45-29-34-21-12-7-13-22-34)37(48-42)31-44-27-33-19-10-6-11-20-33/h6-17,19-26,32,37-40,42H,3-5,18,27-31H2,1-2H3/t32?,37-,38-,39+,40+,42+/m1/s1. The maximum atomic E-state index is 13.7. The highest BCUT2D eigenvalue weighted by molar-refractivity contribution is 5.89. The molecule has 49 heavy (non-hydrogen) atoms. The van der Waals surface area contributed by atoms with Gasteiger partial charge < -0.3 is 28.4 Å². The second-order valence-corrected chi connectivity index (χ2v) is 12.6. The van der Waals surface area contributed by atoms with Crippen molar-refractivity contribution in [2.75, 3.05) is 13.2 Å². The van der Waals surface area contributed by atoms with Crippen LogP contribution in [0.4, 0.5) is 0 Å². The average molecular weight is 667 g/mol. The monoisotopic (exact) mass is 666 g/mol. The smallest absolute Gasteiger partial charge is 0.338 e. The number of carbonyl (C=O) groups is 1. The lowest BCUT2D eigenvalue weighted by Gasteiger charge is -2.45. The molecule has 4 aromatic rings. The number of hydrogen-bond donors (Lipinski definition) is 0. The summed E-state index contributed by atoms with van der Waals surface area (Å²) in [5.41, 5.74) is 3.49. The van der Waals surface area contributed by atoms with Crippen LogP contribution in [0, 0.1) is 5.92 Å². The highest BCUT2D eigenvalue weighted by atomic mass is 16.7. The molecule has 1 aliphatic heterocycles. The third-order valence-corrected chi connectivity index (χ3v) is 8.85. The number of hydrogen-bond acceptors (Lipinski definition) is 7. The normalized spacial score (nSPS) is 21.2. The van der Waals surface area contributed by atoms with E-state index in [0.717, 1.165) is 42.4 Å². The van der Waals surface area contributed by atoms with E-state index in [1.165, 1.54) is 0 Å². The predicted octanol–water partition coefficient (Wildman–Crippen LogP) is 8.56. The van der Waals surface area contributed by atoms with Crippen LogP contribution in [0.5, 0.6) is 0 Å². The fourth-order valence-corrected chi connectivity index (χ4v) is 5.96. The van der Waals surface area contributed by atoms with Gasteiger partial charge in [0.2, 0.25) is 0 Å². The molecule has 1 heterocycles. The fraction of sp³-hybridized carbons (Fsp3) is 0.405. The summed E-state index contributed by atoms with van der Waals surface area (Å²) < 4.78 is 39.3. The van der Waals surface area contributed by atoms with Crippen molar-refractivity contribution in [2.45, 2.75) is 90.1 Å². The second-order valence-electron chi connectivity index (χ2n) is 12.6. The molecule has 1 aliphatic rings. The second kappa shape index (κ2) is 20.0. The Hall–Kier alpha value is -3.85. The van der Waals surface area contributed by atoms with Gasteiger partial charge in [0, 0.05) is 0 Å². The molecular weight excluding hydrogens is 616 g/mol. The van der Waals surface area contributed by atoms with E-state index in [1.54, 1.807) is 12.1 Å². The van der Waals surface area contributed by atoms with Crippen molar-refractivity contribution in [1.29, 1.82) is 0 Å². The van der Waals surface area contributed by atoms with E-state index in [4.69, 9.17) is 28.4 Å². The third-order valence-electron chi connectivity index (χ3n) is 8.85.